The van der Waals surface area contributed by atoms with Crippen molar-refractivity contribution in [1.82, 2.24) is 5.16 Å². The third-order valence-electron chi connectivity index (χ3n) is 3.74. The molecule has 1 aromatic heterocycles. The van der Waals surface area contributed by atoms with Crippen LogP contribution in [0.4, 0.5) is 26.0 Å². The molecule has 0 bridgehead atoms. The number of halogens is 2. The van der Waals surface area contributed by atoms with Gasteiger partial charge in [-0.15, -0.1) is 0 Å². The van der Waals surface area contributed by atoms with E-state index in [4.69, 9.17) is 9.26 Å². The lowest BCUT2D eigenvalue weighted by atomic mass is 10.1. The number of amides is 1. The Hall–Kier alpha value is -3.95. The van der Waals surface area contributed by atoms with E-state index in [1.54, 1.807) is 25.1 Å². The minimum absolute atomic E-state index is 0.0107. The molecule has 0 fully saturated rings. The minimum Gasteiger partial charge on any atom is -0.452 e. The zero-order valence-corrected chi connectivity index (χ0v) is 15.7. The Morgan fingerprint density at radius 1 is 1.13 bits per heavy atom. The number of rotatable bonds is 8. The first kappa shape index (κ1) is 20.8. The van der Waals surface area contributed by atoms with E-state index in [0.717, 1.165) is 0 Å². The fraction of sp³-hybridized carbons (Fsp3) is 0.150. The van der Waals surface area contributed by atoms with Crippen LogP contribution in [0.25, 0.3) is 0 Å². The molecule has 156 valence electrons. The van der Waals surface area contributed by atoms with Gasteiger partial charge in [-0.1, -0.05) is 17.3 Å². The molecule has 3 rings (SSSR count). The van der Waals surface area contributed by atoms with Gasteiger partial charge in [-0.3, -0.25) is 4.79 Å². The number of para-hydroxylation sites is 1. The molecule has 0 unspecified atom stereocenters. The van der Waals surface area contributed by atoms with Gasteiger partial charge in [0.15, 0.2) is 12.4 Å². The van der Waals surface area contributed by atoms with Crippen LogP contribution in [0.15, 0.2) is 59.1 Å². The Morgan fingerprint density at radius 2 is 1.87 bits per heavy atom. The Kier molecular flexibility index (Phi) is 6.58. The monoisotopic (exact) mass is 417 g/mol. The van der Waals surface area contributed by atoms with Crippen LogP contribution in [0.1, 0.15) is 16.1 Å². The number of hydrogen-bond acceptors (Lipinski definition) is 7. The number of ether oxygens (including phenoxy) is 2. The van der Waals surface area contributed by atoms with Crippen LogP contribution in [-0.2, 0) is 9.53 Å². The number of nitrogens with one attached hydrogen (secondary N) is 2. The lowest BCUT2D eigenvalue weighted by Gasteiger charge is -2.12. The summed E-state index contributed by atoms with van der Waals surface area (Å²) in [5.41, 5.74) is 1.14. The molecule has 0 atom stereocenters. The van der Waals surface area contributed by atoms with Crippen molar-refractivity contribution in [3.63, 3.8) is 0 Å². The van der Waals surface area contributed by atoms with E-state index in [0.29, 0.717) is 17.1 Å². The van der Waals surface area contributed by atoms with Gasteiger partial charge in [0.05, 0.1) is 11.3 Å². The third kappa shape index (κ3) is 5.77. The molecule has 0 spiro atoms. The predicted octanol–water partition coefficient (Wildman–Crippen LogP) is 4.12. The number of carbonyl (C=O) groups excluding carboxylic acids is 2. The molecule has 10 heteroatoms. The smallest absolute Gasteiger partial charge is 0.387 e. The van der Waals surface area contributed by atoms with Gasteiger partial charge in [0.1, 0.15) is 11.5 Å². The summed E-state index contributed by atoms with van der Waals surface area (Å²) in [7, 11) is 0. The highest BCUT2D eigenvalue weighted by molar-refractivity contribution is 5.98. The van der Waals surface area contributed by atoms with Gasteiger partial charge < -0.3 is 24.6 Å². The lowest BCUT2D eigenvalue weighted by molar-refractivity contribution is -0.119. The first-order valence-corrected chi connectivity index (χ1v) is 8.72. The second-order valence-corrected chi connectivity index (χ2v) is 6.02. The molecule has 0 aliphatic carbocycles. The molecule has 0 aliphatic heterocycles. The zero-order valence-electron chi connectivity index (χ0n) is 15.7. The van der Waals surface area contributed by atoms with E-state index in [9.17, 15) is 18.4 Å². The van der Waals surface area contributed by atoms with Crippen LogP contribution in [0.3, 0.4) is 0 Å². The maximum absolute atomic E-state index is 12.4. The average Bonchev–Trinajstić information content (AvgIpc) is 3.12. The summed E-state index contributed by atoms with van der Waals surface area (Å²) in [5, 5.41) is 9.05. The van der Waals surface area contributed by atoms with Crippen molar-refractivity contribution in [3.8, 4) is 5.75 Å². The van der Waals surface area contributed by atoms with Gasteiger partial charge in [-0.2, -0.15) is 8.78 Å². The Balaban J connectivity index is 1.61. The number of hydrogen-bond donors (Lipinski definition) is 2. The summed E-state index contributed by atoms with van der Waals surface area (Å²) >= 11 is 0. The van der Waals surface area contributed by atoms with Crippen LogP contribution in [0.2, 0.25) is 0 Å². The summed E-state index contributed by atoms with van der Waals surface area (Å²) in [6, 6.07) is 13.8. The highest BCUT2D eigenvalue weighted by atomic mass is 19.3. The molecule has 1 heterocycles. The van der Waals surface area contributed by atoms with Crippen molar-refractivity contribution in [2.24, 2.45) is 0 Å². The summed E-state index contributed by atoms with van der Waals surface area (Å²) in [5.74, 6) is -0.540. The van der Waals surface area contributed by atoms with Gasteiger partial charge in [-0.25, -0.2) is 4.79 Å². The molecule has 0 radical (unpaired) electrons. The topological polar surface area (TPSA) is 103 Å². The maximum atomic E-state index is 12.4. The van der Waals surface area contributed by atoms with Crippen LogP contribution in [-0.4, -0.2) is 30.3 Å². The van der Waals surface area contributed by atoms with Gasteiger partial charge in [0.2, 0.25) is 0 Å². The second kappa shape index (κ2) is 9.50. The first-order chi connectivity index (χ1) is 14.4. The number of esters is 1. The molecule has 0 saturated carbocycles. The molecule has 2 aromatic carbocycles. The Morgan fingerprint density at radius 3 is 2.53 bits per heavy atom. The Labute approximate surface area is 169 Å². The van der Waals surface area contributed by atoms with Crippen molar-refractivity contribution in [2.75, 3.05) is 17.2 Å². The lowest BCUT2D eigenvalue weighted by Crippen LogP contribution is -2.21. The van der Waals surface area contributed by atoms with Gasteiger partial charge in [0, 0.05) is 11.8 Å². The van der Waals surface area contributed by atoms with Crippen molar-refractivity contribution < 1.29 is 32.4 Å². The molecule has 0 aliphatic rings. The SMILES string of the molecule is Cc1cc(NC(=O)COC(=O)c2ccccc2Nc2ccc(OC(F)F)cc2)no1. The van der Waals surface area contributed by atoms with E-state index in [1.807, 2.05) is 0 Å². The fourth-order valence-electron chi connectivity index (χ4n) is 2.46. The fourth-order valence-corrected chi connectivity index (χ4v) is 2.46. The van der Waals surface area contributed by atoms with Crippen LogP contribution in [0.5, 0.6) is 5.75 Å². The number of carbonyl (C=O) groups is 2. The molecular weight excluding hydrogens is 400 g/mol. The number of nitrogens with zero attached hydrogens (tertiary/aromatic N) is 1. The molecule has 8 nitrogen and oxygen atoms in total. The largest absolute Gasteiger partial charge is 0.452 e. The third-order valence-corrected chi connectivity index (χ3v) is 3.74. The van der Waals surface area contributed by atoms with Crippen molar-refractivity contribution in [1.29, 1.82) is 0 Å². The highest BCUT2D eigenvalue weighted by Gasteiger charge is 2.15. The predicted molar refractivity (Wildman–Crippen MR) is 103 cm³/mol. The normalized spacial score (nSPS) is 10.5. The van der Waals surface area contributed by atoms with E-state index in [-0.39, 0.29) is 17.1 Å². The number of alkyl halides is 2. The summed E-state index contributed by atoms with van der Waals surface area (Å²) in [6.07, 6.45) is 0. The second-order valence-electron chi connectivity index (χ2n) is 6.02. The van der Waals surface area contributed by atoms with Crippen molar-refractivity contribution in [3.05, 3.63) is 65.9 Å². The van der Waals surface area contributed by atoms with Crippen LogP contribution in [0, 0.1) is 6.92 Å². The maximum Gasteiger partial charge on any atom is 0.387 e. The van der Waals surface area contributed by atoms with E-state index in [1.165, 1.54) is 36.4 Å². The first-order valence-electron chi connectivity index (χ1n) is 8.72. The summed E-state index contributed by atoms with van der Waals surface area (Å²) in [6.45, 7) is -1.75. The van der Waals surface area contributed by atoms with Crippen LogP contribution < -0.4 is 15.4 Å². The minimum atomic E-state index is -2.91. The summed E-state index contributed by atoms with van der Waals surface area (Å²) in [4.78, 5) is 24.3. The molecular formula is C20H17F2N3O5. The van der Waals surface area contributed by atoms with Gasteiger partial charge in [0.25, 0.3) is 5.91 Å². The molecule has 2 N–H and O–H groups in total. The zero-order chi connectivity index (χ0) is 21.5. The quantitative estimate of drug-likeness (QED) is 0.532. The molecule has 30 heavy (non-hydrogen) atoms. The van der Waals surface area contributed by atoms with Crippen molar-refractivity contribution >= 4 is 29.1 Å². The molecule has 3 aromatic rings. The van der Waals surface area contributed by atoms with E-state index >= 15 is 0 Å². The molecule has 1 amide bonds. The van der Waals surface area contributed by atoms with E-state index in [2.05, 4.69) is 20.5 Å². The average molecular weight is 417 g/mol. The number of aryl methyl sites for hydroxylation is 1. The highest BCUT2D eigenvalue weighted by Crippen LogP contribution is 2.24. The summed E-state index contributed by atoms with van der Waals surface area (Å²) < 4.78 is 38.7. The van der Waals surface area contributed by atoms with Gasteiger partial charge in [-0.05, 0) is 43.3 Å². The van der Waals surface area contributed by atoms with Crippen LogP contribution >= 0.6 is 0 Å². The number of benzene rings is 2. The standard InChI is InChI=1S/C20H17F2N3O5/c1-12-10-17(25-30-12)24-18(26)11-28-19(27)15-4-2-3-5-16(15)23-13-6-8-14(9-7-13)29-20(21)22/h2-10,20,23H,11H2,1H3,(H,24,25,26). The number of aromatic nitrogens is 1. The van der Waals surface area contributed by atoms with E-state index < -0.39 is 25.1 Å². The molecule has 0 saturated heterocycles. The number of anilines is 3. The van der Waals surface area contributed by atoms with Gasteiger partial charge >= 0.3 is 12.6 Å². The Bertz CT molecular complexity index is 1020. The van der Waals surface area contributed by atoms with Crippen molar-refractivity contribution in [2.45, 2.75) is 13.5 Å².